The fraction of sp³-hybridized carbons (Fsp3) is 0.100. The fourth-order valence-corrected chi connectivity index (χ4v) is 1.89. The first kappa shape index (κ1) is 10.3. The van der Waals surface area contributed by atoms with Crippen LogP contribution in [-0.2, 0) is 0 Å². The van der Waals surface area contributed by atoms with Crippen molar-refractivity contribution in [1.29, 1.82) is 0 Å². The highest BCUT2D eigenvalue weighted by atomic mass is 35.5. The van der Waals surface area contributed by atoms with E-state index in [0.717, 1.165) is 5.69 Å². The fourth-order valence-electron chi connectivity index (χ4n) is 1.07. The molecule has 0 bridgehead atoms. The van der Waals surface area contributed by atoms with Crippen LogP contribution in [0.25, 0.3) is 0 Å². The maximum atomic E-state index is 5.95. The van der Waals surface area contributed by atoms with Crippen LogP contribution >= 0.6 is 22.9 Å². The molecule has 1 aromatic carbocycles. The molecular formula is C10H9ClN2OS. The molecule has 78 valence electrons. The molecular weight excluding hydrogens is 232 g/mol. The van der Waals surface area contributed by atoms with E-state index in [0.29, 0.717) is 21.7 Å². The van der Waals surface area contributed by atoms with Gasteiger partial charge in [-0.3, -0.25) is 0 Å². The lowest BCUT2D eigenvalue weighted by atomic mass is 10.3. The Bertz CT molecular complexity index is 484. The van der Waals surface area contributed by atoms with Crippen molar-refractivity contribution in [3.8, 4) is 10.9 Å². The van der Waals surface area contributed by atoms with Crippen LogP contribution in [0, 0.1) is 6.92 Å². The van der Waals surface area contributed by atoms with Crippen LogP contribution in [0.1, 0.15) is 5.69 Å². The number of anilines is 1. The molecule has 0 amide bonds. The number of thiazole rings is 1. The average Bonchev–Trinajstić information content (AvgIpc) is 2.58. The van der Waals surface area contributed by atoms with E-state index in [2.05, 4.69) is 4.98 Å². The Morgan fingerprint density at radius 1 is 1.47 bits per heavy atom. The topological polar surface area (TPSA) is 48.1 Å². The van der Waals surface area contributed by atoms with Gasteiger partial charge in [0.05, 0.1) is 10.7 Å². The number of hydrogen-bond acceptors (Lipinski definition) is 4. The summed E-state index contributed by atoms with van der Waals surface area (Å²) in [5.74, 6) is 0.533. The minimum Gasteiger partial charge on any atom is -0.429 e. The molecule has 0 saturated carbocycles. The lowest BCUT2D eigenvalue weighted by Gasteiger charge is -2.04. The van der Waals surface area contributed by atoms with Crippen molar-refractivity contribution in [1.82, 2.24) is 4.98 Å². The number of nitrogens with zero attached hydrogens (tertiary/aromatic N) is 1. The molecule has 2 N–H and O–H groups in total. The zero-order chi connectivity index (χ0) is 10.8. The van der Waals surface area contributed by atoms with Gasteiger partial charge in [0, 0.05) is 17.1 Å². The van der Waals surface area contributed by atoms with Gasteiger partial charge < -0.3 is 10.5 Å². The first-order valence-electron chi connectivity index (χ1n) is 4.30. The van der Waals surface area contributed by atoms with Crippen LogP contribution in [0.5, 0.6) is 10.9 Å². The molecule has 0 radical (unpaired) electrons. The van der Waals surface area contributed by atoms with Crippen LogP contribution in [0.2, 0.25) is 5.02 Å². The third-order valence-corrected chi connectivity index (χ3v) is 2.90. The summed E-state index contributed by atoms with van der Waals surface area (Å²) in [6.07, 6.45) is 0. The van der Waals surface area contributed by atoms with E-state index in [1.165, 1.54) is 11.3 Å². The van der Waals surface area contributed by atoms with Crippen molar-refractivity contribution in [2.75, 3.05) is 5.73 Å². The number of halogens is 1. The van der Waals surface area contributed by atoms with E-state index < -0.39 is 0 Å². The highest BCUT2D eigenvalue weighted by Crippen LogP contribution is 2.32. The summed E-state index contributed by atoms with van der Waals surface area (Å²) < 4.78 is 5.51. The zero-order valence-corrected chi connectivity index (χ0v) is 9.60. The Morgan fingerprint density at radius 3 is 2.93 bits per heavy atom. The van der Waals surface area contributed by atoms with Gasteiger partial charge >= 0.3 is 0 Å². The normalized spacial score (nSPS) is 10.3. The second-order valence-corrected chi connectivity index (χ2v) is 4.27. The molecule has 2 rings (SSSR count). The van der Waals surface area contributed by atoms with Gasteiger partial charge in [-0.05, 0) is 19.1 Å². The van der Waals surface area contributed by atoms with Gasteiger partial charge in [-0.1, -0.05) is 22.9 Å². The third-order valence-electron chi connectivity index (χ3n) is 1.75. The standard InChI is InChI=1S/C10H9ClN2OS/c1-6-5-15-10(13-6)14-9-4-7(12)2-3-8(9)11/h2-5H,12H2,1H3. The molecule has 0 saturated heterocycles. The number of hydrogen-bond donors (Lipinski definition) is 1. The summed E-state index contributed by atoms with van der Waals surface area (Å²) in [4.78, 5) is 4.17. The maximum Gasteiger partial charge on any atom is 0.278 e. The van der Waals surface area contributed by atoms with Crippen LogP contribution < -0.4 is 10.5 Å². The molecule has 3 nitrogen and oxygen atoms in total. The largest absolute Gasteiger partial charge is 0.429 e. The summed E-state index contributed by atoms with van der Waals surface area (Å²) in [6.45, 7) is 1.91. The van der Waals surface area contributed by atoms with Crippen molar-refractivity contribution >= 4 is 28.6 Å². The van der Waals surface area contributed by atoms with Crippen LogP contribution in [0.15, 0.2) is 23.6 Å². The second kappa shape index (κ2) is 4.08. The van der Waals surface area contributed by atoms with Gasteiger partial charge in [0.1, 0.15) is 0 Å². The molecule has 5 heteroatoms. The molecule has 15 heavy (non-hydrogen) atoms. The molecule has 1 aromatic heterocycles. The number of rotatable bonds is 2. The molecule has 0 atom stereocenters. The van der Waals surface area contributed by atoms with Crippen LogP contribution in [0.4, 0.5) is 5.69 Å². The molecule has 2 aromatic rings. The highest BCUT2D eigenvalue weighted by molar-refractivity contribution is 7.11. The molecule has 0 aliphatic rings. The van der Waals surface area contributed by atoms with Crippen LogP contribution in [0.3, 0.4) is 0 Å². The van der Waals surface area contributed by atoms with Gasteiger partial charge in [-0.25, -0.2) is 4.98 Å². The van der Waals surface area contributed by atoms with E-state index in [1.807, 2.05) is 12.3 Å². The first-order valence-corrected chi connectivity index (χ1v) is 5.56. The van der Waals surface area contributed by atoms with Crippen LogP contribution in [-0.4, -0.2) is 4.98 Å². The van der Waals surface area contributed by atoms with Gasteiger partial charge in [-0.2, -0.15) is 0 Å². The van der Waals surface area contributed by atoms with E-state index in [1.54, 1.807) is 18.2 Å². The summed E-state index contributed by atoms with van der Waals surface area (Å²) in [6, 6.07) is 5.11. The van der Waals surface area contributed by atoms with E-state index in [4.69, 9.17) is 22.1 Å². The summed E-state index contributed by atoms with van der Waals surface area (Å²) in [5, 5.41) is 3.01. The smallest absolute Gasteiger partial charge is 0.278 e. The number of aromatic nitrogens is 1. The predicted molar refractivity (Wildman–Crippen MR) is 62.8 cm³/mol. The lowest BCUT2D eigenvalue weighted by molar-refractivity contribution is 0.478. The van der Waals surface area contributed by atoms with Gasteiger partial charge in [0.2, 0.25) is 0 Å². The third kappa shape index (κ3) is 2.40. The Hall–Kier alpha value is -1.26. The summed E-state index contributed by atoms with van der Waals surface area (Å²) >= 11 is 7.38. The quantitative estimate of drug-likeness (QED) is 0.818. The Labute approximate surface area is 96.5 Å². The second-order valence-electron chi connectivity index (χ2n) is 3.05. The minimum absolute atomic E-state index is 0.525. The summed E-state index contributed by atoms with van der Waals surface area (Å²) in [5.41, 5.74) is 7.17. The molecule has 0 aliphatic heterocycles. The van der Waals surface area contributed by atoms with Crippen molar-refractivity contribution in [3.63, 3.8) is 0 Å². The maximum absolute atomic E-state index is 5.95. The minimum atomic E-state index is 0.525. The number of aryl methyl sites for hydroxylation is 1. The van der Waals surface area contributed by atoms with Crippen molar-refractivity contribution in [2.24, 2.45) is 0 Å². The van der Waals surface area contributed by atoms with E-state index in [9.17, 15) is 0 Å². The van der Waals surface area contributed by atoms with Crippen molar-refractivity contribution < 1.29 is 4.74 Å². The van der Waals surface area contributed by atoms with Gasteiger partial charge in [0.15, 0.2) is 5.75 Å². The Morgan fingerprint density at radius 2 is 2.27 bits per heavy atom. The van der Waals surface area contributed by atoms with Crippen molar-refractivity contribution in [2.45, 2.75) is 6.92 Å². The monoisotopic (exact) mass is 240 g/mol. The molecule has 0 spiro atoms. The number of benzene rings is 1. The number of nitrogens with two attached hydrogens (primary N) is 1. The molecule has 0 aliphatic carbocycles. The Kier molecular flexibility index (Phi) is 2.79. The predicted octanol–water partition coefficient (Wildman–Crippen LogP) is 3.48. The SMILES string of the molecule is Cc1csc(Oc2cc(N)ccc2Cl)n1. The van der Waals surface area contributed by atoms with E-state index >= 15 is 0 Å². The lowest BCUT2D eigenvalue weighted by Crippen LogP contribution is -1.88. The zero-order valence-electron chi connectivity index (χ0n) is 8.03. The molecule has 0 fully saturated rings. The van der Waals surface area contributed by atoms with E-state index in [-0.39, 0.29) is 0 Å². The number of ether oxygens (including phenoxy) is 1. The average molecular weight is 241 g/mol. The molecule has 0 unspecified atom stereocenters. The Balaban J connectivity index is 2.27. The van der Waals surface area contributed by atoms with Gasteiger partial charge in [-0.15, -0.1) is 0 Å². The first-order chi connectivity index (χ1) is 7.15. The molecule has 1 heterocycles. The summed E-state index contributed by atoms with van der Waals surface area (Å²) in [7, 11) is 0. The van der Waals surface area contributed by atoms with Gasteiger partial charge in [0.25, 0.3) is 5.19 Å². The highest BCUT2D eigenvalue weighted by Gasteiger charge is 2.06. The van der Waals surface area contributed by atoms with Crippen molar-refractivity contribution in [3.05, 3.63) is 34.3 Å². The number of nitrogen functional groups attached to an aromatic ring is 1.